The van der Waals surface area contributed by atoms with Crippen molar-refractivity contribution in [3.05, 3.63) is 17.2 Å². The quantitative estimate of drug-likeness (QED) is 0.843. The predicted molar refractivity (Wildman–Crippen MR) is 72.5 cm³/mol. The third kappa shape index (κ3) is 2.68. The smallest absolute Gasteiger partial charge is 0.231 e. The molecule has 8 heteroatoms. The number of hydrogen-bond donors (Lipinski definition) is 2. The van der Waals surface area contributed by atoms with Crippen molar-refractivity contribution >= 4 is 63.2 Å². The van der Waals surface area contributed by atoms with E-state index in [0.717, 1.165) is 11.7 Å². The molecule has 0 bridgehead atoms. The summed E-state index contributed by atoms with van der Waals surface area (Å²) in [6, 6.07) is 3.39. The van der Waals surface area contributed by atoms with Crippen molar-refractivity contribution in [2.75, 3.05) is 5.32 Å². The zero-order valence-corrected chi connectivity index (χ0v) is 10.8. The van der Waals surface area contributed by atoms with Crippen molar-refractivity contribution in [3.63, 3.8) is 0 Å². The van der Waals surface area contributed by atoms with Gasteiger partial charge >= 0.3 is 0 Å². The van der Waals surface area contributed by atoms with Gasteiger partial charge in [0, 0.05) is 0 Å². The van der Waals surface area contributed by atoms with Gasteiger partial charge in [0.25, 0.3) is 0 Å². The third-order valence-electron chi connectivity index (χ3n) is 1.98. The number of aromatic nitrogens is 2. The molecule has 0 aliphatic rings. The molecule has 0 fully saturated rings. The number of nitrogens with zero attached hydrogens (tertiary/aromatic N) is 2. The molecule has 1 amide bonds. The SMILES string of the molecule is NC(=S)CC(=O)Nc1c(Cl)ccc2nsnc12. The molecule has 17 heavy (non-hydrogen) atoms. The van der Waals surface area contributed by atoms with Crippen LogP contribution in [0.5, 0.6) is 0 Å². The molecule has 1 heterocycles. The summed E-state index contributed by atoms with van der Waals surface area (Å²) < 4.78 is 8.14. The van der Waals surface area contributed by atoms with E-state index in [4.69, 9.17) is 17.3 Å². The van der Waals surface area contributed by atoms with E-state index >= 15 is 0 Å². The van der Waals surface area contributed by atoms with Crippen LogP contribution in [0.2, 0.25) is 5.02 Å². The van der Waals surface area contributed by atoms with Crippen LogP contribution in [0.4, 0.5) is 5.69 Å². The topological polar surface area (TPSA) is 80.9 Å². The van der Waals surface area contributed by atoms with E-state index in [1.807, 2.05) is 0 Å². The summed E-state index contributed by atoms with van der Waals surface area (Å²) >= 11 is 11.7. The Morgan fingerprint density at radius 3 is 3.00 bits per heavy atom. The van der Waals surface area contributed by atoms with E-state index in [2.05, 4.69) is 26.3 Å². The molecule has 5 nitrogen and oxygen atoms in total. The lowest BCUT2D eigenvalue weighted by Crippen LogP contribution is -2.20. The van der Waals surface area contributed by atoms with Gasteiger partial charge in [-0.15, -0.1) is 0 Å². The molecule has 0 atom stereocenters. The first-order chi connectivity index (χ1) is 8.08. The summed E-state index contributed by atoms with van der Waals surface area (Å²) in [7, 11) is 0. The third-order valence-corrected chi connectivity index (χ3v) is 2.98. The number of amides is 1. The first-order valence-corrected chi connectivity index (χ1v) is 6.08. The fourth-order valence-corrected chi connectivity index (χ4v) is 2.16. The summed E-state index contributed by atoms with van der Waals surface area (Å²) in [5.74, 6) is -0.320. The second-order valence-corrected chi connectivity index (χ2v) is 4.71. The van der Waals surface area contributed by atoms with Crippen LogP contribution in [-0.2, 0) is 4.79 Å². The molecule has 0 spiro atoms. The van der Waals surface area contributed by atoms with Crippen molar-refractivity contribution in [2.45, 2.75) is 6.42 Å². The average Bonchev–Trinajstić information content (AvgIpc) is 2.69. The highest BCUT2D eigenvalue weighted by Crippen LogP contribution is 2.29. The normalized spacial score (nSPS) is 10.4. The number of halogens is 1. The molecule has 0 aliphatic carbocycles. The van der Waals surface area contributed by atoms with Gasteiger partial charge < -0.3 is 11.1 Å². The van der Waals surface area contributed by atoms with E-state index in [1.165, 1.54) is 0 Å². The van der Waals surface area contributed by atoms with E-state index in [-0.39, 0.29) is 17.3 Å². The first kappa shape index (κ1) is 12.2. The van der Waals surface area contributed by atoms with E-state index in [9.17, 15) is 4.79 Å². The van der Waals surface area contributed by atoms with Crippen LogP contribution < -0.4 is 11.1 Å². The number of carbonyl (C=O) groups excluding carboxylic acids is 1. The van der Waals surface area contributed by atoms with Gasteiger partial charge in [0.05, 0.1) is 33.8 Å². The molecule has 0 radical (unpaired) electrons. The molecule has 0 saturated heterocycles. The van der Waals surface area contributed by atoms with Crippen LogP contribution >= 0.6 is 35.5 Å². The fourth-order valence-electron chi connectivity index (χ4n) is 1.29. The first-order valence-electron chi connectivity index (χ1n) is 4.57. The van der Waals surface area contributed by atoms with Crippen molar-refractivity contribution in [3.8, 4) is 0 Å². The molecule has 3 N–H and O–H groups in total. The number of nitrogens with one attached hydrogen (secondary N) is 1. The maximum atomic E-state index is 11.6. The van der Waals surface area contributed by atoms with Gasteiger partial charge in [0.2, 0.25) is 5.91 Å². The van der Waals surface area contributed by atoms with Gasteiger partial charge in [-0.25, -0.2) is 0 Å². The Kier molecular flexibility index (Phi) is 3.51. The Morgan fingerprint density at radius 1 is 1.53 bits per heavy atom. The maximum Gasteiger partial charge on any atom is 0.231 e. The second kappa shape index (κ2) is 4.91. The molecule has 1 aromatic carbocycles. The lowest BCUT2D eigenvalue weighted by Gasteiger charge is -2.06. The summed E-state index contributed by atoms with van der Waals surface area (Å²) in [5, 5.41) is 3.04. The highest BCUT2D eigenvalue weighted by molar-refractivity contribution is 7.80. The Bertz CT molecular complexity index is 598. The number of rotatable bonds is 3. The van der Waals surface area contributed by atoms with Gasteiger partial charge in [-0.05, 0) is 12.1 Å². The fraction of sp³-hybridized carbons (Fsp3) is 0.111. The summed E-state index contributed by atoms with van der Waals surface area (Å²) in [4.78, 5) is 11.7. The summed E-state index contributed by atoms with van der Waals surface area (Å²) in [6.07, 6.45) is -0.0282. The van der Waals surface area contributed by atoms with Gasteiger partial charge in [0.15, 0.2) is 0 Å². The minimum atomic E-state index is -0.320. The number of hydrogen-bond acceptors (Lipinski definition) is 5. The van der Waals surface area contributed by atoms with Crippen LogP contribution in [0.25, 0.3) is 11.0 Å². The largest absolute Gasteiger partial charge is 0.393 e. The lowest BCUT2D eigenvalue weighted by atomic mass is 10.2. The number of nitrogens with two attached hydrogens (primary N) is 1. The summed E-state index contributed by atoms with van der Waals surface area (Å²) in [6.45, 7) is 0. The van der Waals surface area contributed by atoms with Crippen LogP contribution in [-0.4, -0.2) is 19.6 Å². The number of fused-ring (bicyclic) bond motifs is 1. The van der Waals surface area contributed by atoms with Gasteiger partial charge in [-0.1, -0.05) is 23.8 Å². The second-order valence-electron chi connectivity index (χ2n) is 3.25. The molecule has 0 unspecified atom stereocenters. The van der Waals surface area contributed by atoms with Gasteiger partial charge in [0.1, 0.15) is 11.0 Å². The van der Waals surface area contributed by atoms with Gasteiger partial charge in [-0.3, -0.25) is 4.79 Å². The molecule has 2 rings (SSSR count). The number of carbonyl (C=O) groups is 1. The van der Waals surface area contributed by atoms with Crippen molar-refractivity contribution in [1.29, 1.82) is 0 Å². The maximum absolute atomic E-state index is 11.6. The minimum absolute atomic E-state index is 0.0282. The number of thiocarbonyl (C=S) groups is 1. The standard InChI is InChI=1S/C9H7ClN4OS2/c10-4-1-2-5-9(14-17-13-5)8(4)12-7(15)3-6(11)16/h1-2H,3H2,(H2,11,16)(H,12,15). The highest BCUT2D eigenvalue weighted by Gasteiger charge is 2.13. The van der Waals surface area contributed by atoms with Crippen LogP contribution in [0, 0.1) is 0 Å². The summed E-state index contributed by atoms with van der Waals surface area (Å²) in [5.41, 5.74) is 6.99. The molecule has 2 aromatic rings. The van der Waals surface area contributed by atoms with Crippen LogP contribution in [0.15, 0.2) is 12.1 Å². The highest BCUT2D eigenvalue weighted by atomic mass is 35.5. The molecule has 88 valence electrons. The van der Waals surface area contributed by atoms with Crippen molar-refractivity contribution < 1.29 is 4.79 Å². The number of benzene rings is 1. The molecular formula is C9H7ClN4OS2. The Morgan fingerprint density at radius 2 is 2.29 bits per heavy atom. The lowest BCUT2D eigenvalue weighted by molar-refractivity contribution is -0.115. The van der Waals surface area contributed by atoms with E-state index < -0.39 is 0 Å². The van der Waals surface area contributed by atoms with Crippen molar-refractivity contribution in [2.24, 2.45) is 5.73 Å². The molecular weight excluding hydrogens is 280 g/mol. The zero-order valence-electron chi connectivity index (χ0n) is 8.44. The predicted octanol–water partition coefficient (Wildman–Crippen LogP) is 1.96. The Balaban J connectivity index is 2.34. The Hall–Kier alpha value is -1.31. The average molecular weight is 287 g/mol. The monoisotopic (exact) mass is 286 g/mol. The van der Waals surface area contributed by atoms with E-state index in [1.54, 1.807) is 12.1 Å². The zero-order chi connectivity index (χ0) is 12.4. The molecule has 0 aliphatic heterocycles. The minimum Gasteiger partial charge on any atom is -0.393 e. The van der Waals surface area contributed by atoms with Crippen LogP contribution in [0.3, 0.4) is 0 Å². The molecule has 1 aromatic heterocycles. The van der Waals surface area contributed by atoms with Crippen molar-refractivity contribution in [1.82, 2.24) is 8.75 Å². The Labute approximate surface area is 111 Å². The van der Waals surface area contributed by atoms with Gasteiger partial charge in [-0.2, -0.15) is 8.75 Å². The van der Waals surface area contributed by atoms with E-state index in [0.29, 0.717) is 21.7 Å². The number of anilines is 1. The van der Waals surface area contributed by atoms with Crippen LogP contribution in [0.1, 0.15) is 6.42 Å². The molecule has 0 saturated carbocycles.